The topological polar surface area (TPSA) is 79.1 Å². The first kappa shape index (κ1) is 13.9. The van der Waals surface area contributed by atoms with Crippen molar-refractivity contribution in [2.45, 2.75) is 30.3 Å². The van der Waals surface area contributed by atoms with Gasteiger partial charge in [0.15, 0.2) is 0 Å². The van der Waals surface area contributed by atoms with Crippen molar-refractivity contribution in [1.82, 2.24) is 20.2 Å². The van der Waals surface area contributed by atoms with E-state index >= 15 is 0 Å². The van der Waals surface area contributed by atoms with E-state index in [1.807, 2.05) is 0 Å². The molecular weight excluding hydrogens is 244 g/mol. The third-order valence-electron chi connectivity index (χ3n) is 2.04. The molecule has 1 aromatic heterocycles. The fraction of sp³-hybridized carbons (Fsp3) is 0.778. The van der Waals surface area contributed by atoms with Crippen LogP contribution in [0.2, 0.25) is 0 Å². The van der Waals surface area contributed by atoms with Crippen LogP contribution in [0, 0.1) is 0 Å². The second-order valence-corrected chi connectivity index (χ2v) is 4.81. The highest BCUT2D eigenvalue weighted by molar-refractivity contribution is 7.99. The van der Waals surface area contributed by atoms with Crippen LogP contribution in [0.25, 0.3) is 0 Å². The van der Waals surface area contributed by atoms with Crippen molar-refractivity contribution in [3.05, 3.63) is 0 Å². The van der Waals surface area contributed by atoms with Crippen LogP contribution in [0.5, 0.6) is 0 Å². The zero-order chi connectivity index (χ0) is 12.7. The van der Waals surface area contributed by atoms with E-state index in [4.69, 9.17) is 4.74 Å². The lowest BCUT2D eigenvalue weighted by Gasteiger charge is -2.09. The quantitative estimate of drug-likeness (QED) is 0.517. The highest BCUT2D eigenvalue weighted by Gasteiger charge is 2.14. The van der Waals surface area contributed by atoms with Gasteiger partial charge in [0, 0.05) is 19.0 Å². The molecule has 1 heterocycles. The Morgan fingerprint density at radius 2 is 2.29 bits per heavy atom. The average Bonchev–Trinajstić information content (AvgIpc) is 2.73. The van der Waals surface area contributed by atoms with Gasteiger partial charge in [0.25, 0.3) is 0 Å². The molecule has 0 spiro atoms. The summed E-state index contributed by atoms with van der Waals surface area (Å²) in [5, 5.41) is 12.1. The van der Waals surface area contributed by atoms with Crippen molar-refractivity contribution in [3.8, 4) is 0 Å². The summed E-state index contributed by atoms with van der Waals surface area (Å²) >= 11 is 1.51. The molecule has 1 rings (SSSR count). The summed E-state index contributed by atoms with van der Waals surface area (Å²) in [5.74, 6) is -0.372. The lowest BCUT2D eigenvalue weighted by Crippen LogP contribution is -2.14. The first-order chi connectivity index (χ1) is 8.17. The fourth-order valence-electron chi connectivity index (χ4n) is 1.09. The molecule has 7 nitrogen and oxygen atoms in total. The number of carbonyl (C=O) groups is 1. The molecule has 0 bridgehead atoms. The molecular formula is C9H16N4O3S. The second kappa shape index (κ2) is 7.23. The molecule has 0 fully saturated rings. The van der Waals surface area contributed by atoms with Crippen LogP contribution in [0.1, 0.15) is 13.3 Å². The van der Waals surface area contributed by atoms with Crippen molar-refractivity contribution in [2.24, 2.45) is 0 Å². The molecule has 1 unspecified atom stereocenters. The third-order valence-corrected chi connectivity index (χ3v) is 3.18. The van der Waals surface area contributed by atoms with Gasteiger partial charge in [-0.15, -0.1) is 5.10 Å². The molecule has 0 N–H and O–H groups in total. The van der Waals surface area contributed by atoms with E-state index in [0.717, 1.165) is 6.42 Å². The predicted octanol–water partition coefficient (Wildman–Crippen LogP) is 0.363. The number of carbonyl (C=O) groups excluding carboxylic acids is 1. The van der Waals surface area contributed by atoms with Crippen LogP contribution < -0.4 is 0 Å². The minimum Gasteiger partial charge on any atom is -0.468 e. The maximum Gasteiger partial charge on any atom is 0.327 e. The van der Waals surface area contributed by atoms with Crippen LogP contribution in [0.3, 0.4) is 0 Å². The lowest BCUT2D eigenvalue weighted by molar-refractivity contribution is -0.141. The first-order valence-electron chi connectivity index (χ1n) is 5.16. The Morgan fingerprint density at radius 1 is 1.53 bits per heavy atom. The van der Waals surface area contributed by atoms with Crippen molar-refractivity contribution in [3.63, 3.8) is 0 Å². The standard InChI is InChI=1S/C9H16N4O3S/c1-7(4-5-15-2)17-9-10-11-12-13(9)6-8(14)16-3/h7H,4-6H2,1-3H3. The number of aromatic nitrogens is 4. The average molecular weight is 260 g/mol. The van der Waals surface area contributed by atoms with Crippen LogP contribution >= 0.6 is 11.8 Å². The zero-order valence-corrected chi connectivity index (χ0v) is 10.9. The number of hydrogen-bond donors (Lipinski definition) is 0. The monoisotopic (exact) mass is 260 g/mol. The van der Waals surface area contributed by atoms with Crippen molar-refractivity contribution in [2.75, 3.05) is 20.8 Å². The van der Waals surface area contributed by atoms with Crippen LogP contribution in [0.4, 0.5) is 0 Å². The maximum absolute atomic E-state index is 11.1. The highest BCUT2D eigenvalue weighted by Crippen LogP contribution is 2.22. The van der Waals surface area contributed by atoms with Crippen molar-refractivity contribution < 1.29 is 14.3 Å². The van der Waals surface area contributed by atoms with Gasteiger partial charge in [0.05, 0.1) is 7.11 Å². The Morgan fingerprint density at radius 3 is 2.94 bits per heavy atom. The first-order valence-corrected chi connectivity index (χ1v) is 6.04. The number of nitrogens with zero attached hydrogens (tertiary/aromatic N) is 4. The Labute approximate surface area is 104 Å². The molecule has 0 aliphatic heterocycles. The summed E-state index contributed by atoms with van der Waals surface area (Å²) < 4.78 is 11.0. The Bertz CT molecular complexity index is 358. The molecule has 0 aliphatic rings. The molecule has 0 amide bonds. The predicted molar refractivity (Wildman–Crippen MR) is 61.6 cm³/mol. The number of thioether (sulfide) groups is 1. The summed E-state index contributed by atoms with van der Waals surface area (Å²) in [5.41, 5.74) is 0. The smallest absolute Gasteiger partial charge is 0.327 e. The largest absolute Gasteiger partial charge is 0.468 e. The highest BCUT2D eigenvalue weighted by atomic mass is 32.2. The number of ether oxygens (including phenoxy) is 2. The number of hydrogen-bond acceptors (Lipinski definition) is 7. The third kappa shape index (κ3) is 4.70. The maximum atomic E-state index is 11.1. The molecule has 0 radical (unpaired) electrons. The Hall–Kier alpha value is -1.15. The van der Waals surface area contributed by atoms with E-state index in [2.05, 4.69) is 27.2 Å². The van der Waals surface area contributed by atoms with Gasteiger partial charge in [-0.1, -0.05) is 18.7 Å². The van der Waals surface area contributed by atoms with Gasteiger partial charge in [-0.05, 0) is 16.8 Å². The van der Waals surface area contributed by atoms with Gasteiger partial charge in [0.2, 0.25) is 5.16 Å². The lowest BCUT2D eigenvalue weighted by atomic mass is 10.3. The Balaban J connectivity index is 2.53. The molecule has 1 aromatic rings. The van der Waals surface area contributed by atoms with E-state index < -0.39 is 0 Å². The van der Waals surface area contributed by atoms with E-state index in [9.17, 15) is 4.79 Å². The van der Waals surface area contributed by atoms with E-state index in [1.54, 1.807) is 7.11 Å². The number of esters is 1. The van der Waals surface area contributed by atoms with Gasteiger partial charge >= 0.3 is 5.97 Å². The molecule has 0 saturated carbocycles. The fourth-order valence-corrected chi connectivity index (χ4v) is 1.97. The molecule has 0 aliphatic carbocycles. The van der Waals surface area contributed by atoms with Gasteiger partial charge in [0.1, 0.15) is 6.54 Å². The zero-order valence-electron chi connectivity index (χ0n) is 10.1. The summed E-state index contributed by atoms with van der Waals surface area (Å²) in [4.78, 5) is 11.1. The van der Waals surface area contributed by atoms with Gasteiger partial charge < -0.3 is 9.47 Å². The van der Waals surface area contributed by atoms with E-state index in [0.29, 0.717) is 17.0 Å². The Kier molecular flexibility index (Phi) is 5.92. The number of methoxy groups -OCH3 is 2. The van der Waals surface area contributed by atoms with Crippen molar-refractivity contribution in [1.29, 1.82) is 0 Å². The van der Waals surface area contributed by atoms with Crippen molar-refractivity contribution >= 4 is 17.7 Å². The summed E-state index contributed by atoms with van der Waals surface area (Å²) in [6.07, 6.45) is 0.895. The molecule has 8 heteroatoms. The molecule has 0 aromatic carbocycles. The van der Waals surface area contributed by atoms with Gasteiger partial charge in [-0.2, -0.15) is 0 Å². The SMILES string of the molecule is COCCC(C)Sc1nnnn1CC(=O)OC. The van der Waals surface area contributed by atoms with Crippen LogP contribution in [-0.4, -0.2) is 52.3 Å². The molecule has 96 valence electrons. The normalized spacial score (nSPS) is 12.4. The second-order valence-electron chi connectivity index (χ2n) is 3.41. The van der Waals surface area contributed by atoms with Gasteiger partial charge in [-0.3, -0.25) is 4.79 Å². The molecule has 0 saturated heterocycles. The minimum atomic E-state index is -0.372. The molecule has 1 atom stereocenters. The summed E-state index contributed by atoms with van der Waals surface area (Å²) in [6, 6.07) is 0. The van der Waals surface area contributed by atoms with Crippen LogP contribution in [-0.2, 0) is 20.8 Å². The van der Waals surface area contributed by atoms with Crippen LogP contribution in [0.15, 0.2) is 5.16 Å². The summed E-state index contributed by atoms with van der Waals surface area (Å²) in [7, 11) is 3.00. The number of rotatable bonds is 7. The number of tetrazole rings is 1. The van der Waals surface area contributed by atoms with Gasteiger partial charge in [-0.25, -0.2) is 4.68 Å². The van der Waals surface area contributed by atoms with E-state index in [-0.39, 0.29) is 12.5 Å². The minimum absolute atomic E-state index is 0.0306. The molecule has 17 heavy (non-hydrogen) atoms. The summed E-state index contributed by atoms with van der Waals surface area (Å²) in [6.45, 7) is 2.77. The van der Waals surface area contributed by atoms with E-state index in [1.165, 1.54) is 23.6 Å².